The van der Waals surface area contributed by atoms with E-state index >= 15 is 0 Å². The molecular formula is C15H25N. The molecule has 1 nitrogen and oxygen atoms in total. The largest absolute Gasteiger partial charge is 0.317 e. The normalized spacial score (nSPS) is 15.9. The van der Waals surface area contributed by atoms with Crippen LogP contribution >= 0.6 is 0 Å². The molecule has 0 spiro atoms. The molecule has 0 saturated heterocycles. The zero-order valence-corrected chi connectivity index (χ0v) is 11.5. The molecular weight excluding hydrogens is 194 g/mol. The predicted molar refractivity (Wildman–Crippen MR) is 72.1 cm³/mol. The molecule has 2 unspecified atom stereocenters. The second kappa shape index (κ2) is 5.01. The van der Waals surface area contributed by atoms with Crippen LogP contribution in [0.25, 0.3) is 0 Å². The number of benzene rings is 1. The van der Waals surface area contributed by atoms with E-state index in [1.165, 1.54) is 11.1 Å². The third-order valence-electron chi connectivity index (χ3n) is 3.51. The fourth-order valence-corrected chi connectivity index (χ4v) is 1.83. The van der Waals surface area contributed by atoms with Gasteiger partial charge in [-0.2, -0.15) is 0 Å². The number of hydrogen-bond donors (Lipinski definition) is 1. The van der Waals surface area contributed by atoms with Crippen molar-refractivity contribution in [2.45, 2.75) is 52.0 Å². The Hall–Kier alpha value is -0.820. The van der Waals surface area contributed by atoms with E-state index in [1.54, 1.807) is 0 Å². The van der Waals surface area contributed by atoms with E-state index in [0.717, 1.165) is 0 Å². The Kier molecular flexibility index (Phi) is 4.15. The summed E-state index contributed by atoms with van der Waals surface area (Å²) in [5, 5.41) is 3.31. The smallest absolute Gasteiger partial charge is 0.0102 e. The van der Waals surface area contributed by atoms with Gasteiger partial charge in [0.15, 0.2) is 0 Å². The highest BCUT2D eigenvalue weighted by Crippen LogP contribution is 2.25. The average Bonchev–Trinajstić information content (AvgIpc) is 2.26. The fourth-order valence-electron chi connectivity index (χ4n) is 1.83. The van der Waals surface area contributed by atoms with E-state index < -0.39 is 0 Å². The lowest BCUT2D eigenvalue weighted by atomic mass is 9.85. The standard InChI is InChI=1S/C15H25N/c1-11(12(2)16-6)13-7-9-14(10-8-13)15(3,4)5/h7-12,16H,1-6H3. The van der Waals surface area contributed by atoms with Crippen LogP contribution < -0.4 is 5.32 Å². The van der Waals surface area contributed by atoms with Crippen molar-refractivity contribution in [1.82, 2.24) is 5.32 Å². The lowest BCUT2D eigenvalue weighted by molar-refractivity contribution is 0.523. The molecule has 0 aliphatic heterocycles. The minimum atomic E-state index is 0.246. The molecule has 0 aliphatic carbocycles. The van der Waals surface area contributed by atoms with Gasteiger partial charge in [-0.1, -0.05) is 52.0 Å². The molecule has 0 saturated carbocycles. The Morgan fingerprint density at radius 1 is 1.00 bits per heavy atom. The summed E-state index contributed by atoms with van der Waals surface area (Å²) in [6.07, 6.45) is 0. The molecule has 0 fully saturated rings. The Morgan fingerprint density at radius 3 is 1.88 bits per heavy atom. The van der Waals surface area contributed by atoms with Crippen LogP contribution in [-0.4, -0.2) is 13.1 Å². The van der Waals surface area contributed by atoms with Gasteiger partial charge in [-0.25, -0.2) is 0 Å². The first-order chi connectivity index (χ1) is 7.36. The summed E-state index contributed by atoms with van der Waals surface area (Å²) in [5.74, 6) is 0.555. The quantitative estimate of drug-likeness (QED) is 0.817. The number of rotatable bonds is 3. The molecule has 16 heavy (non-hydrogen) atoms. The molecule has 0 aromatic heterocycles. The number of hydrogen-bond acceptors (Lipinski definition) is 1. The SMILES string of the molecule is CNC(C)C(C)c1ccc(C(C)(C)C)cc1. The van der Waals surface area contributed by atoms with Gasteiger partial charge in [-0.05, 0) is 36.4 Å². The predicted octanol–water partition coefficient (Wildman–Crippen LogP) is 3.70. The first-order valence-electron chi connectivity index (χ1n) is 6.14. The van der Waals surface area contributed by atoms with Crippen LogP contribution in [0.15, 0.2) is 24.3 Å². The van der Waals surface area contributed by atoms with Crippen molar-refractivity contribution in [1.29, 1.82) is 0 Å². The molecule has 0 radical (unpaired) electrons. The van der Waals surface area contributed by atoms with Crippen LogP contribution in [0.5, 0.6) is 0 Å². The van der Waals surface area contributed by atoms with Crippen molar-refractivity contribution in [2.24, 2.45) is 0 Å². The summed E-state index contributed by atoms with van der Waals surface area (Å²) in [5.41, 5.74) is 3.06. The highest BCUT2D eigenvalue weighted by Gasteiger charge is 2.15. The van der Waals surface area contributed by atoms with Crippen molar-refractivity contribution in [3.05, 3.63) is 35.4 Å². The Balaban J connectivity index is 2.87. The van der Waals surface area contributed by atoms with E-state index in [9.17, 15) is 0 Å². The van der Waals surface area contributed by atoms with Crippen LogP contribution in [0, 0.1) is 0 Å². The summed E-state index contributed by atoms with van der Waals surface area (Å²) >= 11 is 0. The van der Waals surface area contributed by atoms with E-state index in [4.69, 9.17) is 0 Å². The van der Waals surface area contributed by atoms with Gasteiger partial charge in [0.25, 0.3) is 0 Å². The minimum absolute atomic E-state index is 0.246. The first kappa shape index (κ1) is 13.2. The number of likely N-dealkylation sites (N-methyl/N-ethyl adjacent to an activating group) is 1. The zero-order chi connectivity index (χ0) is 12.3. The highest BCUT2D eigenvalue weighted by molar-refractivity contribution is 5.29. The van der Waals surface area contributed by atoms with Crippen LogP contribution in [0.3, 0.4) is 0 Å². The third-order valence-corrected chi connectivity index (χ3v) is 3.51. The van der Waals surface area contributed by atoms with Gasteiger partial charge in [-0.15, -0.1) is 0 Å². The number of nitrogens with one attached hydrogen (secondary N) is 1. The van der Waals surface area contributed by atoms with Gasteiger partial charge in [0.2, 0.25) is 0 Å². The summed E-state index contributed by atoms with van der Waals surface area (Å²) in [6.45, 7) is 11.3. The Bertz CT molecular complexity index is 318. The zero-order valence-electron chi connectivity index (χ0n) is 11.5. The summed E-state index contributed by atoms with van der Waals surface area (Å²) in [7, 11) is 2.02. The molecule has 0 amide bonds. The summed E-state index contributed by atoms with van der Waals surface area (Å²) in [6, 6.07) is 9.56. The lowest BCUT2D eigenvalue weighted by Crippen LogP contribution is -2.27. The van der Waals surface area contributed by atoms with Gasteiger partial charge in [0.1, 0.15) is 0 Å². The average molecular weight is 219 g/mol. The van der Waals surface area contributed by atoms with Crippen LogP contribution in [0.4, 0.5) is 0 Å². The molecule has 1 aromatic rings. The van der Waals surface area contributed by atoms with Crippen molar-refractivity contribution in [3.63, 3.8) is 0 Å². The minimum Gasteiger partial charge on any atom is -0.317 e. The van der Waals surface area contributed by atoms with Crippen LogP contribution in [0.2, 0.25) is 0 Å². The maximum atomic E-state index is 3.31. The van der Waals surface area contributed by atoms with E-state index in [-0.39, 0.29) is 5.41 Å². The van der Waals surface area contributed by atoms with E-state index in [1.807, 2.05) is 7.05 Å². The van der Waals surface area contributed by atoms with Gasteiger partial charge >= 0.3 is 0 Å². The van der Waals surface area contributed by atoms with Crippen molar-refractivity contribution in [3.8, 4) is 0 Å². The Labute approximate surface area is 100 Å². The topological polar surface area (TPSA) is 12.0 Å². The van der Waals surface area contributed by atoms with E-state index in [2.05, 4.69) is 64.2 Å². The van der Waals surface area contributed by atoms with Gasteiger partial charge in [-0.3, -0.25) is 0 Å². The fraction of sp³-hybridized carbons (Fsp3) is 0.600. The molecule has 90 valence electrons. The van der Waals surface area contributed by atoms with Crippen LogP contribution in [0.1, 0.15) is 51.7 Å². The van der Waals surface area contributed by atoms with Crippen molar-refractivity contribution < 1.29 is 0 Å². The molecule has 1 rings (SSSR count). The van der Waals surface area contributed by atoms with Crippen molar-refractivity contribution in [2.75, 3.05) is 7.05 Å². The first-order valence-corrected chi connectivity index (χ1v) is 6.14. The maximum absolute atomic E-state index is 3.31. The second-order valence-corrected chi connectivity index (χ2v) is 5.74. The summed E-state index contributed by atoms with van der Waals surface area (Å²) in [4.78, 5) is 0. The maximum Gasteiger partial charge on any atom is 0.0102 e. The molecule has 1 aromatic carbocycles. The second-order valence-electron chi connectivity index (χ2n) is 5.74. The molecule has 1 heteroatoms. The summed E-state index contributed by atoms with van der Waals surface area (Å²) < 4.78 is 0. The molecule has 2 atom stereocenters. The van der Waals surface area contributed by atoms with Crippen molar-refractivity contribution >= 4 is 0 Å². The molecule has 0 bridgehead atoms. The third kappa shape index (κ3) is 3.08. The highest BCUT2D eigenvalue weighted by atomic mass is 14.9. The van der Waals surface area contributed by atoms with Gasteiger partial charge in [0.05, 0.1) is 0 Å². The monoisotopic (exact) mass is 219 g/mol. The Morgan fingerprint density at radius 2 is 1.50 bits per heavy atom. The van der Waals surface area contributed by atoms with Gasteiger partial charge in [0, 0.05) is 6.04 Å². The lowest BCUT2D eigenvalue weighted by Gasteiger charge is -2.22. The molecule has 0 heterocycles. The van der Waals surface area contributed by atoms with E-state index in [0.29, 0.717) is 12.0 Å². The van der Waals surface area contributed by atoms with Gasteiger partial charge < -0.3 is 5.32 Å². The van der Waals surface area contributed by atoms with Crippen LogP contribution in [-0.2, 0) is 5.41 Å². The molecule has 0 aliphatic rings. The molecule has 1 N–H and O–H groups in total.